The molecule has 14 heavy (non-hydrogen) atoms. The average Bonchev–Trinajstić information content (AvgIpc) is 2.59. The molecule has 1 aromatic heterocycles. The molecule has 0 spiro atoms. The second-order valence-electron chi connectivity index (χ2n) is 3.23. The van der Waals surface area contributed by atoms with Crippen molar-refractivity contribution < 1.29 is 14.3 Å². The van der Waals surface area contributed by atoms with Gasteiger partial charge in [-0.05, 0) is 25.1 Å². The van der Waals surface area contributed by atoms with Gasteiger partial charge < -0.3 is 14.3 Å². The van der Waals surface area contributed by atoms with Crippen LogP contribution in [0.2, 0.25) is 0 Å². The average molecular weight is 192 g/mol. The zero-order valence-electron chi connectivity index (χ0n) is 8.15. The number of aliphatic hydroxyl groups is 1. The Bertz CT molecular complexity index is 443. The highest BCUT2D eigenvalue weighted by molar-refractivity contribution is 5.79. The second-order valence-corrected chi connectivity index (χ2v) is 3.23. The van der Waals surface area contributed by atoms with Gasteiger partial charge >= 0.3 is 0 Å². The van der Waals surface area contributed by atoms with Crippen LogP contribution < -0.4 is 4.74 Å². The van der Waals surface area contributed by atoms with Crippen molar-refractivity contribution in [2.24, 2.45) is 0 Å². The van der Waals surface area contributed by atoms with Crippen LogP contribution in [-0.4, -0.2) is 12.2 Å². The molecule has 0 aliphatic rings. The summed E-state index contributed by atoms with van der Waals surface area (Å²) in [5, 5.41) is 10.3. The molecule has 2 aromatic rings. The van der Waals surface area contributed by atoms with Gasteiger partial charge in [-0.15, -0.1) is 0 Å². The van der Waals surface area contributed by atoms with Crippen molar-refractivity contribution in [2.75, 3.05) is 7.11 Å². The van der Waals surface area contributed by atoms with Gasteiger partial charge in [0.1, 0.15) is 23.2 Å². The van der Waals surface area contributed by atoms with E-state index >= 15 is 0 Å². The molecule has 0 radical (unpaired) electrons. The van der Waals surface area contributed by atoms with Crippen molar-refractivity contribution in [3.8, 4) is 5.75 Å². The Morgan fingerprint density at radius 2 is 2.14 bits per heavy atom. The van der Waals surface area contributed by atoms with E-state index in [1.54, 1.807) is 20.1 Å². The van der Waals surface area contributed by atoms with Gasteiger partial charge in [-0.25, -0.2) is 0 Å². The Kier molecular flexibility index (Phi) is 2.17. The maximum absolute atomic E-state index is 9.33. The van der Waals surface area contributed by atoms with Crippen LogP contribution >= 0.6 is 0 Å². The van der Waals surface area contributed by atoms with Crippen LogP contribution in [0.5, 0.6) is 5.75 Å². The summed E-state index contributed by atoms with van der Waals surface area (Å²) in [5.41, 5.74) is 0.736. The Morgan fingerprint density at radius 1 is 1.36 bits per heavy atom. The van der Waals surface area contributed by atoms with E-state index in [-0.39, 0.29) is 0 Å². The summed E-state index contributed by atoms with van der Waals surface area (Å²) in [6.07, 6.45) is -0.576. The first-order valence-corrected chi connectivity index (χ1v) is 4.46. The zero-order valence-corrected chi connectivity index (χ0v) is 8.15. The van der Waals surface area contributed by atoms with E-state index < -0.39 is 6.10 Å². The molecule has 0 saturated carbocycles. The first-order valence-electron chi connectivity index (χ1n) is 4.46. The Morgan fingerprint density at radius 3 is 2.79 bits per heavy atom. The van der Waals surface area contributed by atoms with Gasteiger partial charge in [-0.1, -0.05) is 0 Å². The van der Waals surface area contributed by atoms with E-state index in [0.717, 1.165) is 16.7 Å². The fourth-order valence-corrected chi connectivity index (χ4v) is 1.36. The number of ether oxygens (including phenoxy) is 1. The molecule has 1 atom stereocenters. The predicted molar refractivity (Wildman–Crippen MR) is 53.4 cm³/mol. The largest absolute Gasteiger partial charge is 0.497 e. The fraction of sp³-hybridized carbons (Fsp3) is 0.273. The molecule has 1 unspecified atom stereocenters. The molecule has 1 N–H and O–H groups in total. The zero-order chi connectivity index (χ0) is 10.1. The van der Waals surface area contributed by atoms with Crippen LogP contribution in [0, 0.1) is 0 Å². The number of rotatable bonds is 2. The minimum atomic E-state index is -0.576. The number of furan rings is 1. The monoisotopic (exact) mass is 192 g/mol. The topological polar surface area (TPSA) is 42.6 Å². The summed E-state index contributed by atoms with van der Waals surface area (Å²) >= 11 is 0. The summed E-state index contributed by atoms with van der Waals surface area (Å²) in [4.78, 5) is 0. The maximum Gasteiger partial charge on any atom is 0.138 e. The van der Waals surface area contributed by atoms with Gasteiger partial charge in [-0.2, -0.15) is 0 Å². The lowest BCUT2D eigenvalue weighted by molar-refractivity contribution is 0.172. The molecule has 0 saturated heterocycles. The molecule has 3 heteroatoms. The van der Waals surface area contributed by atoms with Gasteiger partial charge in [0, 0.05) is 11.5 Å². The number of hydrogen-bond acceptors (Lipinski definition) is 3. The Hall–Kier alpha value is -1.48. The Balaban J connectivity index is 2.54. The highest BCUT2D eigenvalue weighted by Crippen LogP contribution is 2.26. The van der Waals surface area contributed by atoms with Gasteiger partial charge in [0.15, 0.2) is 0 Å². The molecule has 0 amide bonds. The van der Waals surface area contributed by atoms with Crippen LogP contribution in [0.15, 0.2) is 28.7 Å². The number of methoxy groups -OCH3 is 1. The van der Waals surface area contributed by atoms with Crippen LogP contribution in [0.25, 0.3) is 11.0 Å². The molecular weight excluding hydrogens is 180 g/mol. The summed E-state index contributed by atoms with van der Waals surface area (Å²) in [6.45, 7) is 1.68. The second kappa shape index (κ2) is 3.35. The Labute approximate surface area is 81.9 Å². The quantitative estimate of drug-likeness (QED) is 0.794. The number of hydrogen-bond donors (Lipinski definition) is 1. The molecule has 0 aliphatic heterocycles. The molecule has 0 fully saturated rings. The van der Waals surface area contributed by atoms with Gasteiger partial charge in [-0.3, -0.25) is 0 Å². The van der Waals surface area contributed by atoms with Crippen molar-refractivity contribution >= 4 is 11.0 Å². The summed E-state index contributed by atoms with van der Waals surface area (Å²) in [7, 11) is 1.61. The molecule has 1 aromatic carbocycles. The normalized spacial score (nSPS) is 13.1. The third-order valence-electron chi connectivity index (χ3n) is 2.16. The van der Waals surface area contributed by atoms with E-state index in [2.05, 4.69) is 0 Å². The molecule has 0 aliphatic carbocycles. The van der Waals surface area contributed by atoms with Crippen LogP contribution in [0.3, 0.4) is 0 Å². The van der Waals surface area contributed by atoms with Crippen molar-refractivity contribution in [3.63, 3.8) is 0 Å². The number of fused-ring (bicyclic) bond motifs is 1. The van der Waals surface area contributed by atoms with Gasteiger partial charge in [0.2, 0.25) is 0 Å². The molecule has 74 valence electrons. The summed E-state index contributed by atoms with van der Waals surface area (Å²) < 4.78 is 10.5. The first-order chi connectivity index (χ1) is 6.70. The van der Waals surface area contributed by atoms with Crippen molar-refractivity contribution in [1.82, 2.24) is 0 Å². The lowest BCUT2D eigenvalue weighted by Gasteiger charge is -1.97. The third-order valence-corrected chi connectivity index (χ3v) is 2.16. The molecule has 2 rings (SSSR count). The van der Waals surface area contributed by atoms with Crippen LogP contribution in [-0.2, 0) is 0 Å². The van der Waals surface area contributed by atoms with E-state index in [1.807, 2.05) is 18.2 Å². The minimum Gasteiger partial charge on any atom is -0.497 e. The molecule has 1 heterocycles. The summed E-state index contributed by atoms with van der Waals surface area (Å²) in [5.74, 6) is 1.33. The molecule has 3 nitrogen and oxygen atoms in total. The van der Waals surface area contributed by atoms with Crippen LogP contribution in [0.1, 0.15) is 18.8 Å². The fourth-order valence-electron chi connectivity index (χ4n) is 1.36. The lowest BCUT2D eigenvalue weighted by Crippen LogP contribution is -1.85. The molecular formula is C11H12O3. The summed E-state index contributed by atoms with van der Waals surface area (Å²) in [6, 6.07) is 7.41. The van der Waals surface area contributed by atoms with E-state index in [1.165, 1.54) is 0 Å². The molecule has 0 bridgehead atoms. The predicted octanol–water partition coefficient (Wildman–Crippen LogP) is 2.49. The minimum absolute atomic E-state index is 0.576. The smallest absolute Gasteiger partial charge is 0.138 e. The maximum atomic E-state index is 9.33. The highest BCUT2D eigenvalue weighted by Gasteiger charge is 2.08. The van der Waals surface area contributed by atoms with Gasteiger partial charge in [0.05, 0.1) is 7.11 Å². The van der Waals surface area contributed by atoms with Crippen molar-refractivity contribution in [1.29, 1.82) is 0 Å². The first kappa shape index (κ1) is 9.09. The SMILES string of the molecule is COc1ccc2cc(C(C)O)oc2c1. The number of benzene rings is 1. The van der Waals surface area contributed by atoms with Crippen molar-refractivity contribution in [3.05, 3.63) is 30.0 Å². The van der Waals surface area contributed by atoms with Crippen LogP contribution in [0.4, 0.5) is 0 Å². The third kappa shape index (κ3) is 1.46. The lowest BCUT2D eigenvalue weighted by atomic mass is 10.2. The van der Waals surface area contributed by atoms with E-state index in [9.17, 15) is 5.11 Å². The van der Waals surface area contributed by atoms with E-state index in [0.29, 0.717) is 5.76 Å². The van der Waals surface area contributed by atoms with Gasteiger partial charge in [0.25, 0.3) is 0 Å². The van der Waals surface area contributed by atoms with E-state index in [4.69, 9.17) is 9.15 Å². The highest BCUT2D eigenvalue weighted by atomic mass is 16.5. The van der Waals surface area contributed by atoms with Crippen molar-refractivity contribution in [2.45, 2.75) is 13.0 Å². The number of aliphatic hydroxyl groups excluding tert-OH is 1. The standard InChI is InChI=1S/C11H12O3/c1-7(12)10-5-8-3-4-9(13-2)6-11(8)14-10/h3-7,12H,1-2H3.